The second-order valence-electron chi connectivity index (χ2n) is 1.77. The van der Waals surface area contributed by atoms with Crippen LogP contribution in [0.4, 0.5) is 0 Å². The highest BCUT2D eigenvalue weighted by Gasteiger charge is 2.04. The highest BCUT2D eigenvalue weighted by molar-refractivity contribution is 7.74. The van der Waals surface area contributed by atoms with Crippen molar-refractivity contribution in [1.29, 1.82) is 0 Å². The highest BCUT2D eigenvalue weighted by atomic mass is 32.2. The van der Waals surface area contributed by atoms with Gasteiger partial charge in [0, 0.05) is 14.1 Å². The van der Waals surface area contributed by atoms with Crippen LogP contribution in [0.25, 0.3) is 0 Å². The summed E-state index contributed by atoms with van der Waals surface area (Å²) in [6.45, 7) is -0.365. The summed E-state index contributed by atoms with van der Waals surface area (Å²) in [5.74, 6) is -0.345. The maximum atomic E-state index is 10.6. The van der Waals surface area contributed by atoms with E-state index in [4.69, 9.17) is 4.55 Å². The zero-order valence-electron chi connectivity index (χ0n) is 5.73. The van der Waals surface area contributed by atoms with Crippen molar-refractivity contribution in [3.05, 3.63) is 0 Å². The summed E-state index contributed by atoms with van der Waals surface area (Å²) in [7, 11) is 3.07. The van der Waals surface area contributed by atoms with Crippen LogP contribution in [0.2, 0.25) is 0 Å². The molecule has 5 nitrogen and oxygen atoms in total. The van der Waals surface area contributed by atoms with Crippen LogP contribution in [0.1, 0.15) is 0 Å². The van der Waals surface area contributed by atoms with Gasteiger partial charge in [0.1, 0.15) is 6.61 Å². The zero-order valence-corrected chi connectivity index (χ0v) is 6.55. The number of rotatable bonds is 3. The van der Waals surface area contributed by atoms with Gasteiger partial charge in [-0.25, -0.2) is 0 Å². The first-order valence-electron chi connectivity index (χ1n) is 2.48. The summed E-state index contributed by atoms with van der Waals surface area (Å²) in [4.78, 5) is 11.9. The van der Waals surface area contributed by atoms with E-state index in [9.17, 15) is 9.00 Å². The summed E-state index contributed by atoms with van der Waals surface area (Å²) in [5.41, 5.74) is 0. The Morgan fingerprint density at radius 1 is 1.70 bits per heavy atom. The molecule has 0 aromatic heterocycles. The van der Waals surface area contributed by atoms with Gasteiger partial charge in [-0.15, -0.1) is 0 Å². The van der Waals surface area contributed by atoms with Crippen LogP contribution in [0.15, 0.2) is 0 Å². The van der Waals surface area contributed by atoms with Gasteiger partial charge in [0.15, 0.2) is 0 Å². The standard InChI is InChI=1S/C4H9NO4S/c1-5(2)4(6)3-9-10(7)8/h3H2,1-2H3,(H,7,8). The van der Waals surface area contributed by atoms with Crippen molar-refractivity contribution in [2.24, 2.45) is 0 Å². The lowest BCUT2D eigenvalue weighted by molar-refractivity contribution is -0.130. The molecule has 0 saturated carbocycles. The Morgan fingerprint density at radius 3 is 2.50 bits per heavy atom. The molecule has 6 heteroatoms. The van der Waals surface area contributed by atoms with Crippen molar-refractivity contribution < 1.29 is 17.7 Å². The van der Waals surface area contributed by atoms with Gasteiger partial charge in [0.25, 0.3) is 0 Å². The van der Waals surface area contributed by atoms with Gasteiger partial charge in [-0.2, -0.15) is 4.21 Å². The number of amides is 1. The Hall–Kier alpha value is -0.460. The topological polar surface area (TPSA) is 66.8 Å². The summed E-state index contributed by atoms with van der Waals surface area (Å²) >= 11 is -2.35. The third-order valence-electron chi connectivity index (χ3n) is 0.782. The smallest absolute Gasteiger partial charge is 0.302 e. The minimum atomic E-state index is -2.35. The van der Waals surface area contributed by atoms with Gasteiger partial charge >= 0.3 is 11.4 Å². The van der Waals surface area contributed by atoms with Crippen molar-refractivity contribution in [2.75, 3.05) is 20.7 Å². The third-order valence-corrected chi connectivity index (χ3v) is 1.10. The van der Waals surface area contributed by atoms with Crippen LogP contribution >= 0.6 is 0 Å². The second kappa shape index (κ2) is 4.37. The van der Waals surface area contributed by atoms with E-state index in [0.717, 1.165) is 0 Å². The normalized spacial score (nSPS) is 12.7. The summed E-state index contributed by atoms with van der Waals surface area (Å²) in [6, 6.07) is 0. The molecule has 0 aliphatic rings. The average Bonchev–Trinajstić information content (AvgIpc) is 1.82. The third kappa shape index (κ3) is 4.42. The van der Waals surface area contributed by atoms with Crippen LogP contribution in [-0.2, 0) is 20.3 Å². The molecule has 1 atom stereocenters. The molecular formula is C4H9NO4S. The molecule has 0 bridgehead atoms. The van der Waals surface area contributed by atoms with Gasteiger partial charge < -0.3 is 4.90 Å². The first-order chi connectivity index (χ1) is 4.54. The van der Waals surface area contributed by atoms with Gasteiger partial charge in [0.2, 0.25) is 5.91 Å². The monoisotopic (exact) mass is 167 g/mol. The van der Waals surface area contributed by atoms with Crippen molar-refractivity contribution in [1.82, 2.24) is 4.90 Å². The molecule has 0 rings (SSSR count). The largest absolute Gasteiger partial charge is 0.347 e. The second-order valence-corrected chi connectivity index (χ2v) is 2.44. The summed E-state index contributed by atoms with van der Waals surface area (Å²) < 4.78 is 22.0. The Morgan fingerprint density at radius 2 is 2.20 bits per heavy atom. The predicted molar refractivity (Wildman–Crippen MR) is 35.4 cm³/mol. The van der Waals surface area contributed by atoms with Gasteiger partial charge in [-0.05, 0) is 0 Å². The van der Waals surface area contributed by atoms with E-state index in [2.05, 4.69) is 4.18 Å². The molecule has 0 aliphatic carbocycles. The van der Waals surface area contributed by atoms with Crippen LogP contribution in [0, 0.1) is 0 Å². The van der Waals surface area contributed by atoms with Crippen LogP contribution < -0.4 is 0 Å². The van der Waals surface area contributed by atoms with E-state index in [-0.39, 0.29) is 12.5 Å². The molecule has 0 aromatic carbocycles. The molecule has 1 amide bonds. The first-order valence-corrected chi connectivity index (χ1v) is 3.51. The predicted octanol–water partition coefficient (Wildman–Crippen LogP) is -0.772. The summed E-state index contributed by atoms with van der Waals surface area (Å²) in [6.07, 6.45) is 0. The summed E-state index contributed by atoms with van der Waals surface area (Å²) in [5, 5.41) is 0. The van der Waals surface area contributed by atoms with Crippen LogP contribution in [0.3, 0.4) is 0 Å². The fraction of sp³-hybridized carbons (Fsp3) is 0.750. The number of carbonyl (C=O) groups excluding carboxylic acids is 1. The van der Waals surface area contributed by atoms with E-state index in [1.807, 2.05) is 0 Å². The maximum absolute atomic E-state index is 10.6. The molecule has 0 saturated heterocycles. The maximum Gasteiger partial charge on any atom is 0.302 e. The molecule has 60 valence electrons. The lowest BCUT2D eigenvalue weighted by Crippen LogP contribution is -2.26. The van der Waals surface area contributed by atoms with Crippen molar-refractivity contribution in [3.63, 3.8) is 0 Å². The van der Waals surface area contributed by atoms with Crippen molar-refractivity contribution in [2.45, 2.75) is 0 Å². The SMILES string of the molecule is CN(C)C(=O)COS(=O)O. The van der Waals surface area contributed by atoms with Crippen molar-refractivity contribution >= 4 is 17.3 Å². The Labute approximate surface area is 61.5 Å². The molecule has 0 heterocycles. The lowest BCUT2D eigenvalue weighted by Gasteiger charge is -2.07. The van der Waals surface area contributed by atoms with Crippen LogP contribution in [-0.4, -0.2) is 40.3 Å². The first kappa shape index (κ1) is 9.54. The number of nitrogens with zero attached hydrogens (tertiary/aromatic N) is 1. The Balaban J connectivity index is 3.50. The van der Waals surface area contributed by atoms with E-state index < -0.39 is 11.4 Å². The van der Waals surface area contributed by atoms with Crippen LogP contribution in [0.5, 0.6) is 0 Å². The van der Waals surface area contributed by atoms with Crippen molar-refractivity contribution in [3.8, 4) is 0 Å². The average molecular weight is 167 g/mol. The zero-order chi connectivity index (χ0) is 8.15. The van der Waals surface area contributed by atoms with E-state index in [1.165, 1.54) is 19.0 Å². The minimum absolute atomic E-state index is 0.345. The number of hydrogen-bond donors (Lipinski definition) is 1. The van der Waals surface area contributed by atoms with Gasteiger partial charge in [0.05, 0.1) is 0 Å². The molecule has 1 N–H and O–H groups in total. The molecular weight excluding hydrogens is 158 g/mol. The minimum Gasteiger partial charge on any atom is -0.347 e. The van der Waals surface area contributed by atoms with E-state index in [0.29, 0.717) is 0 Å². The molecule has 10 heavy (non-hydrogen) atoms. The van der Waals surface area contributed by atoms with E-state index >= 15 is 0 Å². The molecule has 0 radical (unpaired) electrons. The number of carbonyl (C=O) groups is 1. The van der Waals surface area contributed by atoms with Gasteiger partial charge in [-0.1, -0.05) is 0 Å². The Bertz CT molecular complexity index is 146. The molecule has 0 aliphatic heterocycles. The fourth-order valence-corrected chi connectivity index (χ4v) is 0.432. The molecule has 0 fully saturated rings. The molecule has 0 spiro atoms. The quantitative estimate of drug-likeness (QED) is 0.560. The lowest BCUT2D eigenvalue weighted by atomic mass is 10.6. The molecule has 1 unspecified atom stereocenters. The number of hydrogen-bond acceptors (Lipinski definition) is 3. The number of likely N-dealkylation sites (N-methyl/N-ethyl adjacent to an activating group) is 1. The Kier molecular flexibility index (Phi) is 4.17. The van der Waals surface area contributed by atoms with Gasteiger partial charge in [-0.3, -0.25) is 13.5 Å². The van der Waals surface area contributed by atoms with E-state index in [1.54, 1.807) is 0 Å². The fourth-order valence-electron chi connectivity index (χ4n) is 0.230. The highest BCUT2D eigenvalue weighted by Crippen LogP contribution is 1.83. The molecule has 0 aromatic rings.